The zero-order chi connectivity index (χ0) is 22.1. The van der Waals surface area contributed by atoms with E-state index in [1.54, 1.807) is 36.4 Å². The van der Waals surface area contributed by atoms with Gasteiger partial charge in [-0.2, -0.15) is 5.26 Å². The summed E-state index contributed by atoms with van der Waals surface area (Å²) in [5.74, 6) is 0.181. The number of nitrogens with one attached hydrogen (secondary N) is 1. The van der Waals surface area contributed by atoms with Crippen LogP contribution in [-0.4, -0.2) is 31.2 Å². The van der Waals surface area contributed by atoms with Gasteiger partial charge in [-0.15, -0.1) is 0 Å². The number of nitrogens with zero attached hydrogens (tertiary/aromatic N) is 1. The first kappa shape index (κ1) is 22.8. The normalized spacial score (nSPS) is 11.3. The van der Waals surface area contributed by atoms with Gasteiger partial charge in [-0.1, -0.05) is 19.9 Å². The van der Waals surface area contributed by atoms with Crippen molar-refractivity contribution in [1.29, 1.82) is 5.26 Å². The van der Waals surface area contributed by atoms with Crippen LogP contribution in [0.2, 0.25) is 0 Å². The molecule has 0 fully saturated rings. The van der Waals surface area contributed by atoms with Crippen LogP contribution in [0.4, 0.5) is 5.69 Å². The molecule has 30 heavy (non-hydrogen) atoms. The lowest BCUT2D eigenvalue weighted by Gasteiger charge is -2.16. The van der Waals surface area contributed by atoms with E-state index in [-0.39, 0.29) is 5.56 Å². The lowest BCUT2D eigenvalue weighted by atomic mass is 10.2. The molecule has 2 aromatic carbocycles. The Bertz CT molecular complexity index is 933. The third kappa shape index (κ3) is 6.52. The van der Waals surface area contributed by atoms with E-state index >= 15 is 0 Å². The van der Waals surface area contributed by atoms with Crippen molar-refractivity contribution in [3.8, 4) is 17.6 Å². The minimum Gasteiger partial charge on any atom is -0.490 e. The maximum absolute atomic E-state index is 12.5. The summed E-state index contributed by atoms with van der Waals surface area (Å²) in [6.45, 7) is 8.32. The van der Waals surface area contributed by atoms with Gasteiger partial charge in [0.1, 0.15) is 0 Å². The molecule has 0 unspecified atom stereocenters. The Morgan fingerprint density at radius 1 is 1.07 bits per heavy atom. The van der Waals surface area contributed by atoms with Crippen LogP contribution >= 0.6 is 0 Å². The maximum Gasteiger partial charge on any atom is 0.339 e. The highest BCUT2D eigenvalue weighted by Gasteiger charge is 2.20. The van der Waals surface area contributed by atoms with E-state index in [0.717, 1.165) is 0 Å². The summed E-state index contributed by atoms with van der Waals surface area (Å²) in [6, 6.07) is 13.2. The molecule has 0 heterocycles. The van der Waals surface area contributed by atoms with Crippen LogP contribution in [0.1, 0.15) is 43.6 Å². The highest BCUT2D eigenvalue weighted by atomic mass is 16.5. The Kier molecular flexibility index (Phi) is 8.24. The van der Waals surface area contributed by atoms with Crippen molar-refractivity contribution < 1.29 is 23.8 Å². The molecule has 1 atom stereocenters. The van der Waals surface area contributed by atoms with Gasteiger partial charge in [0.15, 0.2) is 17.6 Å². The van der Waals surface area contributed by atoms with Crippen molar-refractivity contribution in [2.45, 2.75) is 33.8 Å². The molecule has 7 heteroatoms. The van der Waals surface area contributed by atoms with E-state index < -0.39 is 18.0 Å². The summed E-state index contributed by atoms with van der Waals surface area (Å²) in [6.07, 6.45) is -1.03. The number of carbonyl (C=O) groups is 2. The number of hydrogen-bond acceptors (Lipinski definition) is 6. The van der Waals surface area contributed by atoms with Crippen molar-refractivity contribution in [2.24, 2.45) is 5.92 Å². The first-order chi connectivity index (χ1) is 14.3. The van der Waals surface area contributed by atoms with E-state index in [4.69, 9.17) is 19.5 Å². The molecule has 1 N–H and O–H groups in total. The number of esters is 1. The second-order valence-electron chi connectivity index (χ2n) is 7.03. The monoisotopic (exact) mass is 410 g/mol. The molecule has 0 aliphatic heterocycles. The summed E-state index contributed by atoms with van der Waals surface area (Å²) in [7, 11) is 0. The molecule has 0 aliphatic rings. The van der Waals surface area contributed by atoms with E-state index in [2.05, 4.69) is 5.32 Å². The number of rotatable bonds is 9. The molecule has 2 aromatic rings. The quantitative estimate of drug-likeness (QED) is 0.623. The van der Waals surface area contributed by atoms with Gasteiger partial charge in [0, 0.05) is 5.69 Å². The average molecular weight is 410 g/mol. The van der Waals surface area contributed by atoms with Crippen LogP contribution < -0.4 is 14.8 Å². The predicted octanol–water partition coefficient (Wildman–Crippen LogP) is 4.18. The van der Waals surface area contributed by atoms with Crippen molar-refractivity contribution in [1.82, 2.24) is 0 Å². The highest BCUT2D eigenvalue weighted by Crippen LogP contribution is 2.29. The Labute approximate surface area is 176 Å². The zero-order valence-corrected chi connectivity index (χ0v) is 17.6. The number of ether oxygens (including phenoxy) is 3. The van der Waals surface area contributed by atoms with Crippen molar-refractivity contribution in [2.75, 3.05) is 18.5 Å². The summed E-state index contributed by atoms with van der Waals surface area (Å²) >= 11 is 0. The minimum atomic E-state index is -1.03. The molecule has 0 radical (unpaired) electrons. The molecule has 0 aliphatic carbocycles. The fraction of sp³-hybridized carbons (Fsp3) is 0.348. The van der Waals surface area contributed by atoms with E-state index in [1.807, 2.05) is 26.8 Å². The molecular weight excluding hydrogens is 384 g/mol. The van der Waals surface area contributed by atoms with Crippen molar-refractivity contribution in [3.63, 3.8) is 0 Å². The third-order valence-corrected chi connectivity index (χ3v) is 3.96. The lowest BCUT2D eigenvalue weighted by molar-refractivity contribution is -0.123. The largest absolute Gasteiger partial charge is 0.490 e. The van der Waals surface area contributed by atoms with E-state index in [1.165, 1.54) is 13.0 Å². The van der Waals surface area contributed by atoms with Gasteiger partial charge in [-0.3, -0.25) is 4.79 Å². The van der Waals surface area contributed by atoms with Gasteiger partial charge in [-0.05, 0) is 56.2 Å². The van der Waals surface area contributed by atoms with E-state index in [9.17, 15) is 9.59 Å². The van der Waals surface area contributed by atoms with Gasteiger partial charge >= 0.3 is 5.97 Å². The van der Waals surface area contributed by atoms with Gasteiger partial charge in [-0.25, -0.2) is 4.79 Å². The second kappa shape index (κ2) is 10.9. The van der Waals surface area contributed by atoms with E-state index in [0.29, 0.717) is 41.9 Å². The van der Waals surface area contributed by atoms with Crippen LogP contribution in [0.25, 0.3) is 0 Å². The van der Waals surface area contributed by atoms with Crippen molar-refractivity contribution >= 4 is 17.6 Å². The number of benzene rings is 2. The Balaban J connectivity index is 2.05. The van der Waals surface area contributed by atoms with Crippen molar-refractivity contribution in [3.05, 3.63) is 53.6 Å². The Morgan fingerprint density at radius 2 is 1.83 bits per heavy atom. The second-order valence-corrected chi connectivity index (χ2v) is 7.03. The van der Waals surface area contributed by atoms with Gasteiger partial charge < -0.3 is 19.5 Å². The summed E-state index contributed by atoms with van der Waals surface area (Å²) in [4.78, 5) is 24.8. The van der Waals surface area contributed by atoms with Crippen LogP contribution in [0, 0.1) is 17.2 Å². The molecule has 0 spiro atoms. The molecular formula is C23H26N2O5. The first-order valence-electron chi connectivity index (χ1n) is 9.75. The van der Waals surface area contributed by atoms with Gasteiger partial charge in [0.05, 0.1) is 30.4 Å². The highest BCUT2D eigenvalue weighted by molar-refractivity contribution is 5.97. The number of carbonyl (C=O) groups excluding carboxylic acids is 2. The molecule has 158 valence electrons. The Morgan fingerprint density at radius 3 is 2.50 bits per heavy atom. The lowest BCUT2D eigenvalue weighted by Crippen LogP contribution is -2.30. The molecule has 2 rings (SSSR count). The summed E-state index contributed by atoms with van der Waals surface area (Å²) < 4.78 is 16.6. The molecule has 1 amide bonds. The van der Waals surface area contributed by atoms with Crippen LogP contribution in [0.15, 0.2) is 42.5 Å². The molecule has 0 bridgehead atoms. The van der Waals surface area contributed by atoms with Gasteiger partial charge in [0.2, 0.25) is 0 Å². The smallest absolute Gasteiger partial charge is 0.339 e. The molecule has 0 saturated heterocycles. The SMILES string of the molecule is CCOc1cc(C(=O)O[C@H](C)C(=O)Nc2cccc(C#N)c2)ccc1OCC(C)C. The first-order valence-corrected chi connectivity index (χ1v) is 9.75. The fourth-order valence-corrected chi connectivity index (χ4v) is 2.47. The fourth-order valence-electron chi connectivity index (χ4n) is 2.47. The maximum atomic E-state index is 12.5. The Hall–Kier alpha value is -3.53. The van der Waals surface area contributed by atoms with Crippen LogP contribution in [-0.2, 0) is 9.53 Å². The summed E-state index contributed by atoms with van der Waals surface area (Å²) in [5, 5.41) is 11.6. The number of nitriles is 1. The zero-order valence-electron chi connectivity index (χ0n) is 17.6. The predicted molar refractivity (Wildman–Crippen MR) is 113 cm³/mol. The molecule has 0 aromatic heterocycles. The third-order valence-electron chi connectivity index (χ3n) is 3.96. The van der Waals surface area contributed by atoms with Gasteiger partial charge in [0.25, 0.3) is 5.91 Å². The van der Waals surface area contributed by atoms with Crippen LogP contribution in [0.5, 0.6) is 11.5 Å². The summed E-state index contributed by atoms with van der Waals surface area (Å²) in [5.41, 5.74) is 1.12. The number of hydrogen-bond donors (Lipinski definition) is 1. The topological polar surface area (TPSA) is 97.6 Å². The molecule has 0 saturated carbocycles. The number of anilines is 1. The minimum absolute atomic E-state index is 0.251. The standard InChI is InChI=1S/C23H26N2O5/c1-5-28-21-12-18(9-10-20(21)29-14-15(2)3)23(27)30-16(4)22(26)25-19-8-6-7-17(11-19)13-24/h6-12,15-16H,5,14H2,1-4H3,(H,25,26)/t16-/m1/s1. The van der Waals surface area contributed by atoms with Crippen LogP contribution in [0.3, 0.4) is 0 Å². The average Bonchev–Trinajstić information content (AvgIpc) is 2.72. The number of amides is 1. The molecule has 7 nitrogen and oxygen atoms in total.